The van der Waals surface area contributed by atoms with Crippen molar-refractivity contribution >= 4 is 40.5 Å². The van der Waals surface area contributed by atoms with Crippen LogP contribution in [0.2, 0.25) is 0 Å². The van der Waals surface area contributed by atoms with E-state index in [1.165, 1.54) is 6.08 Å². The molecule has 0 saturated heterocycles. The maximum atomic E-state index is 13.8. The lowest BCUT2D eigenvalue weighted by Crippen LogP contribution is -2.38. The maximum Gasteiger partial charge on any atom is 0.331 e. The summed E-state index contributed by atoms with van der Waals surface area (Å²) in [4.78, 5) is 49.5. The van der Waals surface area contributed by atoms with E-state index in [0.717, 1.165) is 22.0 Å². The van der Waals surface area contributed by atoms with Gasteiger partial charge in [-0.05, 0) is 74.9 Å². The number of carbonyl (C=O) groups excluding carboxylic acids is 3. The van der Waals surface area contributed by atoms with Crippen molar-refractivity contribution in [3.63, 3.8) is 0 Å². The van der Waals surface area contributed by atoms with Crippen LogP contribution in [0.3, 0.4) is 0 Å². The summed E-state index contributed by atoms with van der Waals surface area (Å²) in [7, 11) is 0. The number of pyridine rings is 2. The molecular weight excluding hydrogens is 546 g/mol. The van der Waals surface area contributed by atoms with Crippen LogP contribution in [0.4, 0.5) is 5.82 Å². The zero-order valence-corrected chi connectivity index (χ0v) is 24.3. The first kappa shape index (κ1) is 29.8. The van der Waals surface area contributed by atoms with E-state index < -0.39 is 5.97 Å². The number of carbonyl (C=O) groups is 3. The van der Waals surface area contributed by atoms with Crippen LogP contribution in [0.5, 0.6) is 0 Å². The number of hydrogen-bond acceptors (Lipinski definition) is 8. The van der Waals surface area contributed by atoms with Crippen LogP contribution in [-0.2, 0) is 27.3 Å². The van der Waals surface area contributed by atoms with Gasteiger partial charge >= 0.3 is 5.97 Å². The zero-order valence-electron chi connectivity index (χ0n) is 24.3. The molecule has 10 heteroatoms. The summed E-state index contributed by atoms with van der Waals surface area (Å²) in [6.07, 6.45) is 8.08. The molecule has 0 spiro atoms. The van der Waals surface area contributed by atoms with Crippen LogP contribution in [-0.4, -0.2) is 55.1 Å². The maximum absolute atomic E-state index is 13.8. The van der Waals surface area contributed by atoms with Crippen molar-refractivity contribution < 1.29 is 24.2 Å². The van der Waals surface area contributed by atoms with Gasteiger partial charge in [0.1, 0.15) is 11.5 Å². The number of anilines is 1. The first-order valence-electron chi connectivity index (χ1n) is 14.5. The molecule has 0 radical (unpaired) electrons. The fraction of sp³-hybridized carbons (Fsp3) is 0.333. The number of ketones is 1. The molecule has 1 aromatic carbocycles. The van der Waals surface area contributed by atoms with Crippen molar-refractivity contribution in [2.45, 2.75) is 64.7 Å². The minimum Gasteiger partial charge on any atom is -0.460 e. The van der Waals surface area contributed by atoms with Gasteiger partial charge in [0.15, 0.2) is 5.78 Å². The number of aromatic nitrogens is 4. The Morgan fingerprint density at radius 3 is 2.58 bits per heavy atom. The van der Waals surface area contributed by atoms with Gasteiger partial charge in [0.05, 0.1) is 36.2 Å². The van der Waals surface area contributed by atoms with Gasteiger partial charge in [0.2, 0.25) is 5.91 Å². The number of ether oxygens (including phenoxy) is 1. The molecule has 3 aromatic heterocycles. The van der Waals surface area contributed by atoms with Crippen LogP contribution in [0.25, 0.3) is 17.0 Å². The SMILES string of the molecule is CC(C)OC(=O)/C=C/c1cccc(N(Cc2ccc(C(=O)Cc3cccc4cn[nH]c34)nc2)C(=O)C2CCC(O)CC2)n1. The highest BCUT2D eigenvalue weighted by Gasteiger charge is 2.30. The summed E-state index contributed by atoms with van der Waals surface area (Å²) in [5.41, 5.74) is 3.25. The number of rotatable bonds is 10. The largest absolute Gasteiger partial charge is 0.460 e. The number of amides is 1. The van der Waals surface area contributed by atoms with Gasteiger partial charge in [-0.15, -0.1) is 0 Å². The molecule has 1 amide bonds. The number of Topliss-reactive ketones (excluding diaryl/α,β-unsaturated/α-hetero) is 1. The van der Waals surface area contributed by atoms with Crippen molar-refractivity contribution in [3.8, 4) is 0 Å². The van der Waals surface area contributed by atoms with Crippen LogP contribution in [0, 0.1) is 5.92 Å². The van der Waals surface area contributed by atoms with Gasteiger partial charge in [-0.2, -0.15) is 5.10 Å². The number of hydrogen-bond donors (Lipinski definition) is 2. The Hall–Kier alpha value is -4.70. The van der Waals surface area contributed by atoms with E-state index in [1.54, 1.807) is 67.5 Å². The zero-order chi connectivity index (χ0) is 30.3. The van der Waals surface area contributed by atoms with Crippen LogP contribution in [0.1, 0.15) is 66.8 Å². The molecule has 0 bridgehead atoms. The standard InChI is InChI=1S/C33H35N5O5/c1-21(2)43-31(41)16-12-26-7-4-8-30(36-26)38(33(42)23-10-13-27(39)14-11-23)20-22-9-15-28(34-18-22)29(40)17-24-5-3-6-25-19-35-37-32(24)25/h3-9,12,15-16,18-19,21,23,27,39H,10-11,13-14,17,20H2,1-2H3,(H,35,37)/b16-12+. The fourth-order valence-corrected chi connectivity index (χ4v) is 5.23. The number of H-pyrrole nitrogens is 1. The molecule has 3 heterocycles. The Bertz CT molecular complexity index is 1620. The molecular formula is C33H35N5O5. The van der Waals surface area contributed by atoms with E-state index in [1.807, 2.05) is 18.2 Å². The second kappa shape index (κ2) is 13.5. The molecule has 1 fully saturated rings. The van der Waals surface area contributed by atoms with Crippen molar-refractivity contribution in [2.75, 3.05) is 4.90 Å². The number of benzene rings is 1. The van der Waals surface area contributed by atoms with Gasteiger partial charge < -0.3 is 9.84 Å². The highest BCUT2D eigenvalue weighted by Crippen LogP contribution is 2.29. The summed E-state index contributed by atoms with van der Waals surface area (Å²) in [5, 5.41) is 17.9. The van der Waals surface area contributed by atoms with E-state index in [9.17, 15) is 19.5 Å². The third-order valence-electron chi connectivity index (χ3n) is 7.45. The highest BCUT2D eigenvalue weighted by atomic mass is 16.5. The molecule has 222 valence electrons. The van der Waals surface area contributed by atoms with Gasteiger partial charge in [-0.25, -0.2) is 9.78 Å². The molecule has 4 aromatic rings. The molecule has 2 N–H and O–H groups in total. The predicted molar refractivity (Wildman–Crippen MR) is 162 cm³/mol. The van der Waals surface area contributed by atoms with Crippen LogP contribution >= 0.6 is 0 Å². The van der Waals surface area contributed by atoms with E-state index in [-0.39, 0.29) is 42.8 Å². The Morgan fingerprint density at radius 1 is 1.05 bits per heavy atom. The summed E-state index contributed by atoms with van der Waals surface area (Å²) in [6, 6.07) is 14.5. The molecule has 0 aliphatic heterocycles. The van der Waals surface area contributed by atoms with Crippen molar-refractivity contribution in [1.82, 2.24) is 20.2 Å². The number of aromatic amines is 1. The second-order valence-corrected chi connectivity index (χ2v) is 11.1. The first-order chi connectivity index (χ1) is 20.8. The van der Waals surface area contributed by atoms with E-state index in [0.29, 0.717) is 42.9 Å². The van der Waals surface area contributed by atoms with Crippen molar-refractivity contribution in [2.24, 2.45) is 5.92 Å². The van der Waals surface area contributed by atoms with E-state index >= 15 is 0 Å². The number of para-hydroxylation sites is 1. The monoisotopic (exact) mass is 581 g/mol. The summed E-state index contributed by atoms with van der Waals surface area (Å²) < 4.78 is 5.16. The highest BCUT2D eigenvalue weighted by molar-refractivity contribution is 5.98. The fourth-order valence-electron chi connectivity index (χ4n) is 5.23. The number of aliphatic hydroxyl groups excluding tert-OH is 1. The average molecular weight is 582 g/mol. The normalized spacial score (nSPS) is 16.9. The third kappa shape index (κ3) is 7.58. The van der Waals surface area contributed by atoms with E-state index in [4.69, 9.17) is 4.74 Å². The number of nitrogens with zero attached hydrogens (tertiary/aromatic N) is 4. The Morgan fingerprint density at radius 2 is 1.84 bits per heavy atom. The minimum absolute atomic E-state index is 0.0902. The van der Waals surface area contributed by atoms with Gasteiger partial charge in [-0.1, -0.05) is 30.3 Å². The molecule has 1 aliphatic carbocycles. The lowest BCUT2D eigenvalue weighted by atomic mass is 9.86. The predicted octanol–water partition coefficient (Wildman–Crippen LogP) is 4.83. The first-order valence-corrected chi connectivity index (χ1v) is 14.5. The number of nitrogens with one attached hydrogen (secondary N) is 1. The minimum atomic E-state index is -0.474. The average Bonchev–Trinajstić information content (AvgIpc) is 3.49. The Kier molecular flexibility index (Phi) is 9.36. The number of aliphatic hydroxyl groups is 1. The van der Waals surface area contributed by atoms with Gasteiger partial charge in [0, 0.05) is 30.0 Å². The number of esters is 1. The third-order valence-corrected chi connectivity index (χ3v) is 7.45. The summed E-state index contributed by atoms with van der Waals surface area (Å²) in [6.45, 7) is 3.75. The smallest absolute Gasteiger partial charge is 0.331 e. The quantitative estimate of drug-likeness (QED) is 0.154. The molecule has 1 aliphatic rings. The molecule has 1 saturated carbocycles. The summed E-state index contributed by atoms with van der Waals surface area (Å²) >= 11 is 0. The number of fused-ring (bicyclic) bond motifs is 1. The van der Waals surface area contributed by atoms with Crippen LogP contribution in [0.15, 0.2) is 67.0 Å². The Balaban J connectivity index is 1.35. The second-order valence-electron chi connectivity index (χ2n) is 11.1. The lowest BCUT2D eigenvalue weighted by molar-refractivity contribution is -0.141. The molecule has 0 unspecified atom stereocenters. The van der Waals surface area contributed by atoms with Gasteiger partial charge in [-0.3, -0.25) is 24.6 Å². The molecule has 10 nitrogen and oxygen atoms in total. The molecule has 43 heavy (non-hydrogen) atoms. The van der Waals surface area contributed by atoms with Crippen molar-refractivity contribution in [3.05, 3.63) is 89.5 Å². The topological polar surface area (TPSA) is 138 Å². The Labute approximate surface area is 249 Å². The molecule has 0 atom stereocenters. The molecule has 5 rings (SSSR count). The summed E-state index contributed by atoms with van der Waals surface area (Å²) in [5.74, 6) is -0.502. The van der Waals surface area contributed by atoms with Crippen LogP contribution < -0.4 is 4.90 Å². The van der Waals surface area contributed by atoms with Crippen molar-refractivity contribution in [1.29, 1.82) is 0 Å². The van der Waals surface area contributed by atoms with E-state index in [2.05, 4.69) is 20.2 Å². The van der Waals surface area contributed by atoms with Gasteiger partial charge in [0.25, 0.3) is 0 Å². The lowest BCUT2D eigenvalue weighted by Gasteiger charge is -2.30.